The molecule has 0 radical (unpaired) electrons. The summed E-state index contributed by atoms with van der Waals surface area (Å²) in [7, 11) is 0. The molecule has 1 N–H and O–H groups in total. The van der Waals surface area contributed by atoms with Gasteiger partial charge in [0.2, 0.25) is 0 Å². The van der Waals surface area contributed by atoms with E-state index in [2.05, 4.69) is 0 Å². The van der Waals surface area contributed by atoms with Crippen molar-refractivity contribution in [3.05, 3.63) is 59.9 Å². The van der Waals surface area contributed by atoms with E-state index in [0.717, 1.165) is 24.9 Å². The number of carboxylic acid groups (broad SMARTS) is 1. The first-order chi connectivity index (χ1) is 12.5. The number of benzene rings is 2. The van der Waals surface area contributed by atoms with Crippen molar-refractivity contribution < 1.29 is 19.1 Å². The highest BCUT2D eigenvalue weighted by Gasteiger charge is 2.27. The number of piperidine rings is 1. The summed E-state index contributed by atoms with van der Waals surface area (Å²) in [5, 5.41) is 8.81. The molecule has 0 saturated carbocycles. The maximum atomic E-state index is 14.5. The van der Waals surface area contributed by atoms with E-state index in [0.29, 0.717) is 24.2 Å². The summed E-state index contributed by atoms with van der Waals surface area (Å²) in [4.78, 5) is 25.5. The lowest BCUT2D eigenvalue weighted by molar-refractivity contribution is -0.137. The van der Waals surface area contributed by atoms with Gasteiger partial charge in [-0.05, 0) is 31.0 Å². The third kappa shape index (κ3) is 4.35. The second kappa shape index (κ2) is 8.23. The van der Waals surface area contributed by atoms with Crippen LogP contribution in [-0.4, -0.2) is 41.4 Å². The highest BCUT2D eigenvalue weighted by Crippen LogP contribution is 2.26. The number of hydrogen-bond donors (Lipinski definition) is 1. The lowest BCUT2D eigenvalue weighted by atomic mass is 9.89. The van der Waals surface area contributed by atoms with Gasteiger partial charge in [0, 0.05) is 30.1 Å². The number of aliphatic carboxylic acids is 1. The van der Waals surface area contributed by atoms with Crippen LogP contribution in [0.25, 0.3) is 11.1 Å². The van der Waals surface area contributed by atoms with Crippen LogP contribution in [0.4, 0.5) is 4.39 Å². The number of carboxylic acids is 1. The molecule has 1 heterocycles. The zero-order valence-corrected chi connectivity index (χ0v) is 14.5. The molecule has 5 heteroatoms. The lowest BCUT2D eigenvalue weighted by Crippen LogP contribution is -2.39. The molecule has 1 saturated heterocycles. The van der Waals surface area contributed by atoms with Gasteiger partial charge in [0.05, 0.1) is 6.42 Å². The number of carbonyl (C=O) groups excluding carboxylic acids is 1. The minimum atomic E-state index is -0.836. The Morgan fingerprint density at radius 2 is 1.92 bits per heavy atom. The largest absolute Gasteiger partial charge is 0.481 e. The summed E-state index contributed by atoms with van der Waals surface area (Å²) in [5.74, 6) is -1.51. The van der Waals surface area contributed by atoms with E-state index in [-0.39, 0.29) is 18.1 Å². The predicted molar refractivity (Wildman–Crippen MR) is 97.6 cm³/mol. The Labute approximate surface area is 152 Å². The monoisotopic (exact) mass is 355 g/mol. The molecule has 0 amide bonds. The Morgan fingerprint density at radius 3 is 2.62 bits per heavy atom. The molecule has 2 aromatic rings. The van der Waals surface area contributed by atoms with Gasteiger partial charge in [0.15, 0.2) is 5.78 Å². The van der Waals surface area contributed by atoms with Crippen LogP contribution in [0.2, 0.25) is 0 Å². The standard InChI is InChI=1S/C21H22FNO3/c22-19-13-16(8-9-18(19)15-5-2-1-3-6-15)21(26)17-7-4-11-23(14-17)12-10-20(24)25/h1-3,5-6,8-9,13,17H,4,7,10-12,14H2,(H,24,25). The minimum absolute atomic E-state index is 0.0662. The molecule has 4 nitrogen and oxygen atoms in total. The Morgan fingerprint density at radius 1 is 1.15 bits per heavy atom. The molecule has 136 valence electrons. The van der Waals surface area contributed by atoms with E-state index in [4.69, 9.17) is 5.11 Å². The molecule has 0 aromatic heterocycles. The summed E-state index contributed by atoms with van der Waals surface area (Å²) in [6, 6.07) is 13.9. The number of nitrogens with zero attached hydrogens (tertiary/aromatic N) is 1. The van der Waals surface area contributed by atoms with Crippen molar-refractivity contribution in [2.75, 3.05) is 19.6 Å². The maximum absolute atomic E-state index is 14.5. The number of ketones is 1. The second-order valence-corrected chi connectivity index (χ2v) is 6.71. The summed E-state index contributed by atoms with van der Waals surface area (Å²) < 4.78 is 14.5. The zero-order valence-electron chi connectivity index (χ0n) is 14.5. The molecular formula is C21H22FNO3. The topological polar surface area (TPSA) is 57.6 Å². The van der Waals surface area contributed by atoms with Crippen LogP contribution in [-0.2, 0) is 4.79 Å². The Kier molecular flexibility index (Phi) is 5.78. The molecule has 3 rings (SSSR count). The molecule has 1 aliphatic heterocycles. The van der Waals surface area contributed by atoms with Crippen molar-refractivity contribution >= 4 is 11.8 Å². The van der Waals surface area contributed by atoms with Crippen LogP contribution >= 0.6 is 0 Å². The van der Waals surface area contributed by atoms with E-state index in [1.54, 1.807) is 12.1 Å². The first-order valence-electron chi connectivity index (χ1n) is 8.88. The van der Waals surface area contributed by atoms with E-state index in [1.165, 1.54) is 6.07 Å². The smallest absolute Gasteiger partial charge is 0.304 e. The summed E-state index contributed by atoms with van der Waals surface area (Å²) in [6.45, 7) is 1.78. The summed E-state index contributed by atoms with van der Waals surface area (Å²) in [6.07, 6.45) is 1.67. The lowest BCUT2D eigenvalue weighted by Gasteiger charge is -2.31. The molecule has 1 aliphatic rings. The average Bonchev–Trinajstić information content (AvgIpc) is 2.66. The number of halogens is 1. The molecule has 0 bridgehead atoms. The maximum Gasteiger partial charge on any atom is 0.304 e. The van der Waals surface area contributed by atoms with Crippen LogP contribution < -0.4 is 0 Å². The van der Waals surface area contributed by atoms with Gasteiger partial charge in [0.1, 0.15) is 5.82 Å². The molecule has 2 aromatic carbocycles. The summed E-state index contributed by atoms with van der Waals surface area (Å²) >= 11 is 0. The van der Waals surface area contributed by atoms with Crippen molar-refractivity contribution in [2.24, 2.45) is 5.92 Å². The third-order valence-electron chi connectivity index (χ3n) is 4.86. The van der Waals surface area contributed by atoms with Crippen molar-refractivity contribution in [3.63, 3.8) is 0 Å². The van der Waals surface area contributed by atoms with Crippen LogP contribution in [0.1, 0.15) is 29.6 Å². The molecule has 1 fully saturated rings. The SMILES string of the molecule is O=C(O)CCN1CCCC(C(=O)c2ccc(-c3ccccc3)c(F)c2)C1. The van der Waals surface area contributed by atoms with Gasteiger partial charge < -0.3 is 10.0 Å². The normalized spacial score (nSPS) is 17.8. The highest BCUT2D eigenvalue weighted by molar-refractivity contribution is 5.98. The third-order valence-corrected chi connectivity index (χ3v) is 4.86. The Balaban J connectivity index is 1.71. The number of carbonyl (C=O) groups is 2. The molecule has 0 aliphatic carbocycles. The van der Waals surface area contributed by atoms with Gasteiger partial charge in [-0.1, -0.05) is 42.5 Å². The number of rotatable bonds is 6. The van der Waals surface area contributed by atoms with Gasteiger partial charge in [-0.2, -0.15) is 0 Å². The van der Waals surface area contributed by atoms with Crippen LogP contribution in [0.5, 0.6) is 0 Å². The molecule has 26 heavy (non-hydrogen) atoms. The number of hydrogen-bond acceptors (Lipinski definition) is 3. The van der Waals surface area contributed by atoms with Gasteiger partial charge in [-0.3, -0.25) is 9.59 Å². The molecule has 1 atom stereocenters. The highest BCUT2D eigenvalue weighted by atomic mass is 19.1. The van der Waals surface area contributed by atoms with Gasteiger partial charge in [-0.15, -0.1) is 0 Å². The second-order valence-electron chi connectivity index (χ2n) is 6.71. The van der Waals surface area contributed by atoms with Crippen molar-refractivity contribution in [3.8, 4) is 11.1 Å². The van der Waals surface area contributed by atoms with Crippen molar-refractivity contribution in [1.29, 1.82) is 0 Å². The average molecular weight is 355 g/mol. The fourth-order valence-corrected chi connectivity index (χ4v) is 3.48. The predicted octanol–water partition coefficient (Wildman–Crippen LogP) is 3.86. The zero-order chi connectivity index (χ0) is 18.5. The molecular weight excluding hydrogens is 333 g/mol. The molecule has 0 spiro atoms. The first-order valence-corrected chi connectivity index (χ1v) is 8.88. The van der Waals surface area contributed by atoms with E-state index >= 15 is 0 Å². The first kappa shape index (κ1) is 18.3. The van der Waals surface area contributed by atoms with Gasteiger partial charge in [-0.25, -0.2) is 4.39 Å². The van der Waals surface area contributed by atoms with Crippen molar-refractivity contribution in [1.82, 2.24) is 4.90 Å². The number of likely N-dealkylation sites (tertiary alicyclic amines) is 1. The van der Waals surface area contributed by atoms with Crippen LogP contribution in [0.3, 0.4) is 0 Å². The van der Waals surface area contributed by atoms with E-state index in [1.807, 2.05) is 35.2 Å². The van der Waals surface area contributed by atoms with Crippen molar-refractivity contribution in [2.45, 2.75) is 19.3 Å². The van der Waals surface area contributed by atoms with E-state index < -0.39 is 11.8 Å². The fourth-order valence-electron chi connectivity index (χ4n) is 3.48. The Hall–Kier alpha value is -2.53. The van der Waals surface area contributed by atoms with Crippen LogP contribution in [0, 0.1) is 11.7 Å². The minimum Gasteiger partial charge on any atom is -0.481 e. The number of Topliss-reactive ketones (excluding diaryl/α,β-unsaturated/α-hetero) is 1. The van der Waals surface area contributed by atoms with Gasteiger partial charge in [0.25, 0.3) is 0 Å². The van der Waals surface area contributed by atoms with Crippen LogP contribution in [0.15, 0.2) is 48.5 Å². The fraction of sp³-hybridized carbons (Fsp3) is 0.333. The van der Waals surface area contributed by atoms with E-state index in [9.17, 15) is 14.0 Å². The quantitative estimate of drug-likeness (QED) is 0.800. The molecule has 1 unspecified atom stereocenters. The summed E-state index contributed by atoms with van der Waals surface area (Å²) in [5.41, 5.74) is 1.64. The van der Waals surface area contributed by atoms with Gasteiger partial charge >= 0.3 is 5.97 Å². The Bertz CT molecular complexity index is 791.